The number of hydrogen-bond donors (Lipinski definition) is 3. The molecule has 1 heterocycles. The minimum absolute atomic E-state index is 0.0351. The van der Waals surface area contributed by atoms with Crippen molar-refractivity contribution in [3.05, 3.63) is 0 Å². The van der Waals surface area contributed by atoms with Crippen LogP contribution in [0.4, 0.5) is 0 Å². The molecule has 1 aliphatic heterocycles. The molecular formula is C11H22N2O3. The van der Waals surface area contributed by atoms with Gasteiger partial charge >= 0.3 is 0 Å². The van der Waals surface area contributed by atoms with Gasteiger partial charge in [0.1, 0.15) is 0 Å². The SMILES string of the molecule is CCCC(COC)NC(=O)C1CC(O)CN1. The number of rotatable bonds is 6. The van der Waals surface area contributed by atoms with Gasteiger partial charge in [0.05, 0.1) is 24.8 Å². The molecule has 0 aromatic rings. The van der Waals surface area contributed by atoms with Gasteiger partial charge in [0.2, 0.25) is 5.91 Å². The number of β-amino-alcohol motifs (C(OH)–C–C–N with tert-alkyl or cyclic N) is 1. The molecule has 3 unspecified atom stereocenters. The second-order valence-corrected chi connectivity index (χ2v) is 4.30. The van der Waals surface area contributed by atoms with E-state index in [9.17, 15) is 9.90 Å². The molecule has 0 aromatic heterocycles. The van der Waals surface area contributed by atoms with Gasteiger partial charge in [-0.25, -0.2) is 0 Å². The first-order valence-corrected chi connectivity index (χ1v) is 5.88. The first-order valence-electron chi connectivity index (χ1n) is 5.88. The van der Waals surface area contributed by atoms with Crippen molar-refractivity contribution in [2.24, 2.45) is 0 Å². The average Bonchev–Trinajstić information content (AvgIpc) is 2.65. The van der Waals surface area contributed by atoms with Crippen molar-refractivity contribution in [2.75, 3.05) is 20.3 Å². The Balaban J connectivity index is 2.35. The molecule has 1 amide bonds. The third-order valence-electron chi connectivity index (χ3n) is 2.78. The molecule has 1 rings (SSSR count). The standard InChI is InChI=1S/C11H22N2O3/c1-3-4-8(7-16-2)13-11(15)10-5-9(14)6-12-10/h8-10,12,14H,3-7H2,1-2H3,(H,13,15). The second kappa shape index (κ2) is 6.83. The van der Waals surface area contributed by atoms with Crippen LogP contribution in [-0.2, 0) is 9.53 Å². The molecular weight excluding hydrogens is 208 g/mol. The number of amides is 1. The molecule has 1 saturated heterocycles. The summed E-state index contributed by atoms with van der Waals surface area (Å²) in [5, 5.41) is 15.3. The number of methoxy groups -OCH3 is 1. The number of aliphatic hydroxyl groups excluding tert-OH is 1. The van der Waals surface area contributed by atoms with Crippen molar-refractivity contribution in [1.82, 2.24) is 10.6 Å². The van der Waals surface area contributed by atoms with Crippen molar-refractivity contribution < 1.29 is 14.6 Å². The maximum absolute atomic E-state index is 11.8. The highest BCUT2D eigenvalue weighted by molar-refractivity contribution is 5.82. The van der Waals surface area contributed by atoms with E-state index in [0.717, 1.165) is 12.8 Å². The second-order valence-electron chi connectivity index (χ2n) is 4.30. The van der Waals surface area contributed by atoms with Crippen molar-refractivity contribution in [3.8, 4) is 0 Å². The van der Waals surface area contributed by atoms with Crippen LogP contribution in [0.15, 0.2) is 0 Å². The van der Waals surface area contributed by atoms with Crippen molar-refractivity contribution in [2.45, 2.75) is 44.4 Å². The number of hydrogen-bond acceptors (Lipinski definition) is 4. The van der Waals surface area contributed by atoms with Gasteiger partial charge in [0, 0.05) is 13.7 Å². The Kier molecular flexibility index (Phi) is 5.73. The van der Waals surface area contributed by atoms with Crippen LogP contribution < -0.4 is 10.6 Å². The van der Waals surface area contributed by atoms with Gasteiger partial charge in [0.25, 0.3) is 0 Å². The summed E-state index contributed by atoms with van der Waals surface area (Å²) in [6.45, 7) is 3.11. The van der Waals surface area contributed by atoms with Crippen molar-refractivity contribution in [3.63, 3.8) is 0 Å². The van der Waals surface area contributed by atoms with Gasteiger partial charge in [-0.3, -0.25) is 4.79 Å². The summed E-state index contributed by atoms with van der Waals surface area (Å²) >= 11 is 0. The molecule has 16 heavy (non-hydrogen) atoms. The lowest BCUT2D eigenvalue weighted by molar-refractivity contribution is -0.124. The third-order valence-corrected chi connectivity index (χ3v) is 2.78. The fraction of sp³-hybridized carbons (Fsp3) is 0.909. The lowest BCUT2D eigenvalue weighted by Crippen LogP contribution is -2.46. The third kappa shape index (κ3) is 4.08. The zero-order valence-electron chi connectivity index (χ0n) is 10.0. The van der Waals surface area contributed by atoms with Gasteiger partial charge in [-0.05, 0) is 12.8 Å². The van der Waals surface area contributed by atoms with Crippen LogP contribution in [0.25, 0.3) is 0 Å². The maximum atomic E-state index is 11.8. The molecule has 94 valence electrons. The quantitative estimate of drug-likeness (QED) is 0.583. The molecule has 1 aliphatic rings. The minimum atomic E-state index is -0.400. The summed E-state index contributed by atoms with van der Waals surface area (Å²) in [6.07, 6.45) is 2.02. The van der Waals surface area contributed by atoms with E-state index < -0.39 is 6.10 Å². The van der Waals surface area contributed by atoms with Crippen LogP contribution in [0, 0.1) is 0 Å². The van der Waals surface area contributed by atoms with E-state index >= 15 is 0 Å². The van der Waals surface area contributed by atoms with E-state index in [1.165, 1.54) is 0 Å². The summed E-state index contributed by atoms with van der Waals surface area (Å²) in [4.78, 5) is 11.8. The topological polar surface area (TPSA) is 70.6 Å². The Morgan fingerprint density at radius 1 is 1.69 bits per heavy atom. The van der Waals surface area contributed by atoms with E-state index in [2.05, 4.69) is 17.6 Å². The molecule has 0 saturated carbocycles. The van der Waals surface area contributed by atoms with Crippen LogP contribution in [0.3, 0.4) is 0 Å². The number of carbonyl (C=O) groups is 1. The lowest BCUT2D eigenvalue weighted by atomic mass is 10.1. The Labute approximate surface area is 96.6 Å². The molecule has 0 aliphatic carbocycles. The van der Waals surface area contributed by atoms with Crippen molar-refractivity contribution >= 4 is 5.91 Å². The molecule has 0 spiro atoms. The molecule has 3 N–H and O–H groups in total. The summed E-state index contributed by atoms with van der Waals surface area (Å²) in [7, 11) is 1.63. The average molecular weight is 230 g/mol. The Bertz CT molecular complexity index is 217. The largest absolute Gasteiger partial charge is 0.392 e. The molecule has 0 aromatic carbocycles. The molecule has 3 atom stereocenters. The number of carbonyl (C=O) groups excluding carboxylic acids is 1. The van der Waals surface area contributed by atoms with Gasteiger partial charge in [-0.2, -0.15) is 0 Å². The highest BCUT2D eigenvalue weighted by Crippen LogP contribution is 2.07. The van der Waals surface area contributed by atoms with E-state index in [0.29, 0.717) is 19.6 Å². The van der Waals surface area contributed by atoms with Crippen LogP contribution >= 0.6 is 0 Å². The van der Waals surface area contributed by atoms with Gasteiger partial charge < -0.3 is 20.5 Å². The van der Waals surface area contributed by atoms with E-state index in [4.69, 9.17) is 4.74 Å². The molecule has 5 nitrogen and oxygen atoms in total. The summed E-state index contributed by atoms with van der Waals surface area (Å²) in [5.74, 6) is -0.0351. The number of nitrogens with one attached hydrogen (secondary N) is 2. The first kappa shape index (κ1) is 13.4. The molecule has 0 bridgehead atoms. The molecule has 0 radical (unpaired) electrons. The number of aliphatic hydroxyl groups is 1. The molecule has 5 heteroatoms. The van der Waals surface area contributed by atoms with Gasteiger partial charge in [0.15, 0.2) is 0 Å². The predicted octanol–water partition coefficient (Wildman–Crippen LogP) is -0.359. The van der Waals surface area contributed by atoms with Crippen LogP contribution in [0.1, 0.15) is 26.2 Å². The van der Waals surface area contributed by atoms with Crippen molar-refractivity contribution in [1.29, 1.82) is 0 Å². The van der Waals surface area contributed by atoms with E-state index in [-0.39, 0.29) is 18.0 Å². The lowest BCUT2D eigenvalue weighted by Gasteiger charge is -2.19. The highest BCUT2D eigenvalue weighted by Gasteiger charge is 2.28. The fourth-order valence-electron chi connectivity index (χ4n) is 1.97. The monoisotopic (exact) mass is 230 g/mol. The molecule has 1 fully saturated rings. The zero-order chi connectivity index (χ0) is 12.0. The van der Waals surface area contributed by atoms with Crippen LogP contribution in [0.5, 0.6) is 0 Å². The fourth-order valence-corrected chi connectivity index (χ4v) is 1.97. The smallest absolute Gasteiger partial charge is 0.237 e. The first-order chi connectivity index (χ1) is 7.67. The zero-order valence-corrected chi connectivity index (χ0v) is 10.0. The predicted molar refractivity (Wildman–Crippen MR) is 61.1 cm³/mol. The van der Waals surface area contributed by atoms with Crippen LogP contribution in [0.2, 0.25) is 0 Å². The summed E-state index contributed by atoms with van der Waals surface area (Å²) < 4.78 is 5.06. The summed E-state index contributed by atoms with van der Waals surface area (Å²) in [6, 6.07) is -0.187. The van der Waals surface area contributed by atoms with E-state index in [1.54, 1.807) is 7.11 Å². The Morgan fingerprint density at radius 2 is 2.44 bits per heavy atom. The maximum Gasteiger partial charge on any atom is 0.237 e. The normalized spacial score (nSPS) is 26.7. The Morgan fingerprint density at radius 3 is 2.94 bits per heavy atom. The van der Waals surface area contributed by atoms with E-state index in [1.807, 2.05) is 0 Å². The minimum Gasteiger partial charge on any atom is -0.392 e. The van der Waals surface area contributed by atoms with Gasteiger partial charge in [-0.1, -0.05) is 13.3 Å². The Hall–Kier alpha value is -0.650. The summed E-state index contributed by atoms with van der Waals surface area (Å²) in [5.41, 5.74) is 0. The van der Waals surface area contributed by atoms with Gasteiger partial charge in [-0.15, -0.1) is 0 Å². The van der Waals surface area contributed by atoms with Crippen LogP contribution in [-0.4, -0.2) is 49.5 Å². The highest BCUT2D eigenvalue weighted by atomic mass is 16.5. The number of ether oxygens (including phenoxy) is 1.